The largest absolute Gasteiger partial charge is 0.299 e. The second kappa shape index (κ2) is 6.62. The second-order valence-corrected chi connectivity index (χ2v) is 3.39. The molecular weight excluding hydrogens is 138 g/mol. The summed E-state index contributed by atoms with van der Waals surface area (Å²) in [6.45, 7) is 8.44. The molecule has 0 aromatic carbocycles. The molecule has 11 heavy (non-hydrogen) atoms. The van der Waals surface area contributed by atoms with Crippen molar-refractivity contribution in [1.29, 1.82) is 0 Å². The Kier molecular flexibility index (Phi) is 6.57. The standard InChI is InChI=1S/C9H21NO/c1-5-6-7-11-10(4)8-9(2)3/h9H,5-8H2,1-4H3. The molecule has 0 radical (unpaired) electrons. The van der Waals surface area contributed by atoms with Gasteiger partial charge in [-0.3, -0.25) is 4.84 Å². The van der Waals surface area contributed by atoms with E-state index >= 15 is 0 Å². The predicted octanol–water partition coefficient (Wildman–Crippen LogP) is 2.31. The Labute approximate surface area is 70.5 Å². The Morgan fingerprint density at radius 2 is 2.00 bits per heavy atom. The van der Waals surface area contributed by atoms with E-state index in [9.17, 15) is 0 Å². The summed E-state index contributed by atoms with van der Waals surface area (Å²) in [5.41, 5.74) is 0. The first-order valence-corrected chi connectivity index (χ1v) is 4.50. The van der Waals surface area contributed by atoms with Crippen LogP contribution in [0, 0.1) is 5.92 Å². The minimum Gasteiger partial charge on any atom is -0.299 e. The SMILES string of the molecule is CCCCON(C)CC(C)C. The zero-order valence-corrected chi connectivity index (χ0v) is 8.26. The molecule has 0 aromatic rings. The summed E-state index contributed by atoms with van der Waals surface area (Å²) in [6.07, 6.45) is 2.36. The van der Waals surface area contributed by atoms with Crippen LogP contribution in [0.2, 0.25) is 0 Å². The van der Waals surface area contributed by atoms with E-state index in [4.69, 9.17) is 4.84 Å². The third-order valence-electron chi connectivity index (χ3n) is 1.43. The summed E-state index contributed by atoms with van der Waals surface area (Å²) < 4.78 is 0. The number of hydrogen-bond acceptors (Lipinski definition) is 2. The molecule has 68 valence electrons. The zero-order chi connectivity index (χ0) is 8.69. The van der Waals surface area contributed by atoms with Crippen LogP contribution in [0.3, 0.4) is 0 Å². The van der Waals surface area contributed by atoms with E-state index in [-0.39, 0.29) is 0 Å². The van der Waals surface area contributed by atoms with Crippen LogP contribution in [0.4, 0.5) is 0 Å². The van der Waals surface area contributed by atoms with E-state index in [1.807, 2.05) is 12.1 Å². The van der Waals surface area contributed by atoms with Gasteiger partial charge in [-0.15, -0.1) is 0 Å². The average molecular weight is 159 g/mol. The first kappa shape index (κ1) is 10.9. The lowest BCUT2D eigenvalue weighted by Crippen LogP contribution is -2.24. The molecule has 0 unspecified atom stereocenters. The van der Waals surface area contributed by atoms with Gasteiger partial charge in [0.2, 0.25) is 0 Å². The third kappa shape index (κ3) is 7.82. The van der Waals surface area contributed by atoms with Crippen molar-refractivity contribution in [2.75, 3.05) is 20.2 Å². The van der Waals surface area contributed by atoms with Crippen LogP contribution in [-0.4, -0.2) is 25.3 Å². The highest BCUT2D eigenvalue weighted by atomic mass is 16.7. The van der Waals surface area contributed by atoms with Crippen LogP contribution in [0.25, 0.3) is 0 Å². The lowest BCUT2D eigenvalue weighted by atomic mass is 10.2. The Balaban J connectivity index is 3.15. The average Bonchev–Trinajstić information content (AvgIpc) is 1.86. The lowest BCUT2D eigenvalue weighted by molar-refractivity contribution is -0.146. The molecule has 0 amide bonds. The van der Waals surface area contributed by atoms with Crippen molar-refractivity contribution in [3.63, 3.8) is 0 Å². The van der Waals surface area contributed by atoms with Crippen molar-refractivity contribution in [3.8, 4) is 0 Å². The maximum Gasteiger partial charge on any atom is 0.0684 e. The van der Waals surface area contributed by atoms with Gasteiger partial charge in [0, 0.05) is 13.6 Å². The van der Waals surface area contributed by atoms with Crippen molar-refractivity contribution < 1.29 is 4.84 Å². The fraction of sp³-hybridized carbons (Fsp3) is 1.00. The van der Waals surface area contributed by atoms with Gasteiger partial charge >= 0.3 is 0 Å². The van der Waals surface area contributed by atoms with Crippen molar-refractivity contribution in [2.45, 2.75) is 33.6 Å². The highest BCUT2D eigenvalue weighted by molar-refractivity contribution is 4.44. The summed E-state index contributed by atoms with van der Waals surface area (Å²) >= 11 is 0. The van der Waals surface area contributed by atoms with Crippen LogP contribution in [0.5, 0.6) is 0 Å². The monoisotopic (exact) mass is 159 g/mol. The fourth-order valence-electron chi connectivity index (χ4n) is 0.932. The van der Waals surface area contributed by atoms with Gasteiger partial charge in [-0.2, -0.15) is 5.06 Å². The molecule has 0 aromatic heterocycles. The first-order chi connectivity index (χ1) is 5.16. The number of hydroxylamine groups is 2. The van der Waals surface area contributed by atoms with E-state index in [2.05, 4.69) is 20.8 Å². The summed E-state index contributed by atoms with van der Waals surface area (Å²) in [6, 6.07) is 0. The molecule has 2 heteroatoms. The molecular formula is C9H21NO. The normalized spacial score (nSPS) is 11.5. The quantitative estimate of drug-likeness (QED) is 0.435. The van der Waals surface area contributed by atoms with E-state index in [0.717, 1.165) is 19.6 Å². The van der Waals surface area contributed by atoms with Gasteiger partial charge in [0.25, 0.3) is 0 Å². The Hall–Kier alpha value is -0.0800. The molecule has 0 rings (SSSR count). The second-order valence-electron chi connectivity index (χ2n) is 3.39. The summed E-state index contributed by atoms with van der Waals surface area (Å²) in [5.74, 6) is 0.682. The van der Waals surface area contributed by atoms with Gasteiger partial charge in [-0.1, -0.05) is 27.2 Å². The molecule has 0 aliphatic heterocycles. The molecule has 0 N–H and O–H groups in total. The van der Waals surface area contributed by atoms with Gasteiger partial charge < -0.3 is 0 Å². The van der Waals surface area contributed by atoms with Crippen molar-refractivity contribution in [2.24, 2.45) is 5.92 Å². The van der Waals surface area contributed by atoms with Crippen LogP contribution in [0.1, 0.15) is 33.6 Å². The van der Waals surface area contributed by atoms with Crippen LogP contribution < -0.4 is 0 Å². The summed E-state index contributed by atoms with van der Waals surface area (Å²) in [4.78, 5) is 5.43. The van der Waals surface area contributed by atoms with Gasteiger partial charge in [-0.05, 0) is 12.3 Å². The molecule has 0 fully saturated rings. The number of rotatable bonds is 6. The van der Waals surface area contributed by atoms with E-state index in [1.54, 1.807) is 0 Å². The summed E-state index contributed by atoms with van der Waals surface area (Å²) in [7, 11) is 2.00. The molecule has 0 saturated carbocycles. The van der Waals surface area contributed by atoms with Crippen molar-refractivity contribution in [1.82, 2.24) is 5.06 Å². The smallest absolute Gasteiger partial charge is 0.0684 e. The van der Waals surface area contributed by atoms with E-state index in [1.165, 1.54) is 6.42 Å². The number of nitrogens with zero attached hydrogens (tertiary/aromatic N) is 1. The van der Waals surface area contributed by atoms with Crippen LogP contribution >= 0.6 is 0 Å². The van der Waals surface area contributed by atoms with E-state index in [0.29, 0.717) is 5.92 Å². The van der Waals surface area contributed by atoms with Gasteiger partial charge in [0.1, 0.15) is 0 Å². The molecule has 0 heterocycles. The fourth-order valence-corrected chi connectivity index (χ4v) is 0.932. The molecule has 0 bridgehead atoms. The highest BCUT2D eigenvalue weighted by Gasteiger charge is 2.00. The maximum atomic E-state index is 5.43. The zero-order valence-electron chi connectivity index (χ0n) is 8.26. The minimum absolute atomic E-state index is 0.682. The molecule has 0 aliphatic carbocycles. The van der Waals surface area contributed by atoms with Gasteiger partial charge in [-0.25, -0.2) is 0 Å². The highest BCUT2D eigenvalue weighted by Crippen LogP contribution is 1.97. The Bertz CT molecular complexity index is 83.6. The summed E-state index contributed by atoms with van der Waals surface area (Å²) in [5, 5.41) is 1.93. The lowest BCUT2D eigenvalue weighted by Gasteiger charge is -2.18. The van der Waals surface area contributed by atoms with Crippen molar-refractivity contribution in [3.05, 3.63) is 0 Å². The molecule has 0 aliphatic rings. The van der Waals surface area contributed by atoms with Crippen molar-refractivity contribution >= 4 is 0 Å². The molecule has 2 nitrogen and oxygen atoms in total. The minimum atomic E-state index is 0.682. The van der Waals surface area contributed by atoms with Gasteiger partial charge in [0.05, 0.1) is 6.61 Å². The van der Waals surface area contributed by atoms with E-state index < -0.39 is 0 Å². The van der Waals surface area contributed by atoms with Crippen LogP contribution in [0.15, 0.2) is 0 Å². The maximum absolute atomic E-state index is 5.43. The topological polar surface area (TPSA) is 12.5 Å². The predicted molar refractivity (Wildman–Crippen MR) is 48.3 cm³/mol. The molecule has 0 saturated heterocycles. The molecule has 0 atom stereocenters. The third-order valence-corrected chi connectivity index (χ3v) is 1.43. The molecule has 0 spiro atoms. The van der Waals surface area contributed by atoms with Crippen LogP contribution in [-0.2, 0) is 4.84 Å². The first-order valence-electron chi connectivity index (χ1n) is 4.50. The Morgan fingerprint density at radius 1 is 1.36 bits per heavy atom. The number of unbranched alkanes of at least 4 members (excludes halogenated alkanes) is 1. The Morgan fingerprint density at radius 3 is 2.45 bits per heavy atom. The van der Waals surface area contributed by atoms with Gasteiger partial charge in [0.15, 0.2) is 0 Å². The number of hydrogen-bond donors (Lipinski definition) is 0.